The third-order valence-electron chi connectivity index (χ3n) is 3.73. The van der Waals surface area contributed by atoms with Crippen molar-refractivity contribution >= 4 is 18.1 Å². The lowest BCUT2D eigenvalue weighted by Gasteiger charge is -2.11. The Bertz CT molecular complexity index is 827. The van der Waals surface area contributed by atoms with Crippen molar-refractivity contribution in [1.29, 1.82) is 0 Å². The molecular weight excluding hydrogens is 251 g/mol. The Labute approximate surface area is 116 Å². The molecule has 96 valence electrons. The van der Waals surface area contributed by atoms with Crippen molar-refractivity contribution in [2.24, 2.45) is 0 Å². The van der Waals surface area contributed by atoms with Crippen LogP contribution in [0.4, 0.5) is 0 Å². The van der Waals surface area contributed by atoms with Crippen LogP contribution in [0.5, 0.6) is 5.75 Å². The summed E-state index contributed by atoms with van der Waals surface area (Å²) in [4.78, 5) is 0. The molecule has 0 bridgehead atoms. The predicted octanol–water partition coefficient (Wildman–Crippen LogP) is 2.84. The number of benzene rings is 3. The summed E-state index contributed by atoms with van der Waals surface area (Å²) < 4.78 is 5.15. The van der Waals surface area contributed by atoms with Crippen LogP contribution in [-0.2, 0) is 0 Å². The molecule has 0 atom stereocenters. The van der Waals surface area contributed by atoms with Crippen LogP contribution in [0.25, 0.3) is 33.0 Å². The highest BCUT2D eigenvalue weighted by molar-refractivity contribution is 6.34. The first-order valence-corrected chi connectivity index (χ1v) is 6.44. The standard InChI is InChI=1S/C16H11BO3/c18-17(19)20-14-9-8-10-4-3-7-12-11-5-1-2-6-13(11)16(14)15(10)12/h1-9,18-19H. The molecule has 0 fully saturated rings. The molecule has 0 saturated heterocycles. The minimum atomic E-state index is -1.82. The number of rotatable bonds is 2. The van der Waals surface area contributed by atoms with Crippen molar-refractivity contribution < 1.29 is 14.7 Å². The Morgan fingerprint density at radius 3 is 2.30 bits per heavy atom. The van der Waals surface area contributed by atoms with Crippen molar-refractivity contribution in [1.82, 2.24) is 0 Å². The molecule has 0 spiro atoms. The fraction of sp³-hybridized carbons (Fsp3) is 0. The first-order chi connectivity index (χ1) is 9.75. The van der Waals surface area contributed by atoms with E-state index < -0.39 is 7.32 Å². The molecule has 3 aromatic carbocycles. The summed E-state index contributed by atoms with van der Waals surface area (Å²) in [6.45, 7) is 0. The zero-order chi connectivity index (χ0) is 13.7. The Morgan fingerprint density at radius 2 is 1.50 bits per heavy atom. The molecule has 20 heavy (non-hydrogen) atoms. The summed E-state index contributed by atoms with van der Waals surface area (Å²) >= 11 is 0. The van der Waals surface area contributed by atoms with Gasteiger partial charge in [-0.3, -0.25) is 0 Å². The smallest absolute Gasteiger partial charge is 0.511 e. The van der Waals surface area contributed by atoms with Crippen LogP contribution in [-0.4, -0.2) is 17.4 Å². The maximum absolute atomic E-state index is 9.10. The van der Waals surface area contributed by atoms with E-state index in [-0.39, 0.29) is 0 Å². The minimum absolute atomic E-state index is 0.491. The van der Waals surface area contributed by atoms with E-state index in [9.17, 15) is 0 Å². The van der Waals surface area contributed by atoms with Gasteiger partial charge in [0.15, 0.2) is 0 Å². The summed E-state index contributed by atoms with van der Waals surface area (Å²) in [5, 5.41) is 20.4. The van der Waals surface area contributed by atoms with Crippen molar-refractivity contribution in [3.8, 4) is 28.0 Å². The lowest BCUT2D eigenvalue weighted by Crippen LogP contribution is -2.20. The van der Waals surface area contributed by atoms with Gasteiger partial charge in [-0.25, -0.2) is 0 Å². The van der Waals surface area contributed by atoms with E-state index >= 15 is 0 Å². The quantitative estimate of drug-likeness (QED) is 0.546. The van der Waals surface area contributed by atoms with Gasteiger partial charge in [0.2, 0.25) is 0 Å². The molecule has 3 nitrogen and oxygen atoms in total. The fourth-order valence-electron chi connectivity index (χ4n) is 3.00. The van der Waals surface area contributed by atoms with E-state index in [0.29, 0.717) is 5.75 Å². The molecule has 0 aliphatic heterocycles. The zero-order valence-corrected chi connectivity index (χ0v) is 10.6. The molecule has 4 heteroatoms. The van der Waals surface area contributed by atoms with Crippen molar-refractivity contribution in [2.75, 3.05) is 0 Å². The largest absolute Gasteiger partial charge is 0.707 e. The molecule has 0 aromatic heterocycles. The topological polar surface area (TPSA) is 49.7 Å². The first-order valence-electron chi connectivity index (χ1n) is 6.44. The van der Waals surface area contributed by atoms with E-state index in [1.165, 1.54) is 0 Å². The van der Waals surface area contributed by atoms with Gasteiger partial charge in [-0.1, -0.05) is 48.5 Å². The molecule has 0 amide bonds. The highest BCUT2D eigenvalue weighted by atomic mass is 16.6. The van der Waals surface area contributed by atoms with Gasteiger partial charge in [-0.15, -0.1) is 0 Å². The maximum Gasteiger partial charge on any atom is 0.707 e. The number of fused-ring (bicyclic) bond motifs is 3. The fourth-order valence-corrected chi connectivity index (χ4v) is 3.00. The molecule has 0 unspecified atom stereocenters. The average molecular weight is 262 g/mol. The van der Waals surface area contributed by atoms with Crippen LogP contribution in [0.15, 0.2) is 54.6 Å². The summed E-state index contributed by atoms with van der Waals surface area (Å²) in [5.74, 6) is 0.491. The first kappa shape index (κ1) is 11.5. The van der Waals surface area contributed by atoms with E-state index in [4.69, 9.17) is 14.7 Å². The zero-order valence-electron chi connectivity index (χ0n) is 10.6. The van der Waals surface area contributed by atoms with Crippen LogP contribution < -0.4 is 4.65 Å². The third-order valence-corrected chi connectivity index (χ3v) is 3.73. The second-order valence-electron chi connectivity index (χ2n) is 4.83. The molecular formula is C16H11BO3. The molecule has 1 aliphatic carbocycles. The Morgan fingerprint density at radius 1 is 0.750 bits per heavy atom. The average Bonchev–Trinajstić information content (AvgIpc) is 2.79. The van der Waals surface area contributed by atoms with Gasteiger partial charge in [0.05, 0.1) is 0 Å². The summed E-state index contributed by atoms with van der Waals surface area (Å²) in [7, 11) is -1.82. The highest BCUT2D eigenvalue weighted by Crippen LogP contribution is 2.50. The van der Waals surface area contributed by atoms with Crippen molar-refractivity contribution in [2.45, 2.75) is 0 Å². The highest BCUT2D eigenvalue weighted by Gasteiger charge is 2.25. The SMILES string of the molecule is OB(O)Oc1ccc2cccc3c2c1-c1ccccc1-3. The van der Waals surface area contributed by atoms with Crippen molar-refractivity contribution in [3.63, 3.8) is 0 Å². The van der Waals surface area contributed by atoms with Gasteiger partial charge in [-0.2, -0.15) is 0 Å². The van der Waals surface area contributed by atoms with E-state index in [1.54, 1.807) is 6.07 Å². The van der Waals surface area contributed by atoms with E-state index in [1.807, 2.05) is 36.4 Å². The molecule has 0 heterocycles. The molecule has 0 radical (unpaired) electrons. The monoisotopic (exact) mass is 262 g/mol. The normalized spacial score (nSPS) is 11.5. The van der Waals surface area contributed by atoms with Crippen LogP contribution in [0.1, 0.15) is 0 Å². The number of hydrogen-bond donors (Lipinski definition) is 2. The second kappa shape index (κ2) is 4.10. The van der Waals surface area contributed by atoms with Gasteiger partial charge >= 0.3 is 7.32 Å². The van der Waals surface area contributed by atoms with Crippen LogP contribution >= 0.6 is 0 Å². The predicted molar refractivity (Wildman–Crippen MR) is 79.2 cm³/mol. The molecule has 2 N–H and O–H groups in total. The Balaban J connectivity index is 2.12. The Hall–Kier alpha value is -2.30. The third kappa shape index (κ3) is 1.49. The lowest BCUT2D eigenvalue weighted by molar-refractivity contribution is 0.289. The van der Waals surface area contributed by atoms with Crippen LogP contribution in [0, 0.1) is 0 Å². The van der Waals surface area contributed by atoms with E-state index in [2.05, 4.69) is 12.1 Å². The summed E-state index contributed by atoms with van der Waals surface area (Å²) in [5.41, 5.74) is 4.30. The van der Waals surface area contributed by atoms with Gasteiger partial charge in [0.1, 0.15) is 5.75 Å². The summed E-state index contributed by atoms with van der Waals surface area (Å²) in [6, 6.07) is 18.0. The molecule has 4 rings (SSSR count). The van der Waals surface area contributed by atoms with Crippen molar-refractivity contribution in [3.05, 3.63) is 54.6 Å². The van der Waals surface area contributed by atoms with Gasteiger partial charge in [0.25, 0.3) is 0 Å². The van der Waals surface area contributed by atoms with Gasteiger partial charge in [0, 0.05) is 10.9 Å². The van der Waals surface area contributed by atoms with Crippen LogP contribution in [0.2, 0.25) is 0 Å². The van der Waals surface area contributed by atoms with E-state index in [0.717, 1.165) is 33.0 Å². The second-order valence-corrected chi connectivity index (χ2v) is 4.83. The molecule has 1 aliphatic rings. The molecule has 0 saturated carbocycles. The Kier molecular flexibility index (Phi) is 2.36. The minimum Gasteiger partial charge on any atom is -0.511 e. The van der Waals surface area contributed by atoms with Gasteiger partial charge in [-0.05, 0) is 28.1 Å². The maximum atomic E-state index is 9.10. The van der Waals surface area contributed by atoms with Gasteiger partial charge < -0.3 is 14.7 Å². The molecule has 3 aromatic rings. The van der Waals surface area contributed by atoms with Crippen LogP contribution in [0.3, 0.4) is 0 Å². The lowest BCUT2D eigenvalue weighted by atomic mass is 10.0. The summed E-state index contributed by atoms with van der Waals surface area (Å²) in [6.07, 6.45) is 0. The number of hydrogen-bond acceptors (Lipinski definition) is 3.